The molecule has 0 aliphatic carbocycles. The van der Waals surface area contributed by atoms with Crippen LogP contribution in [0.25, 0.3) is 0 Å². The van der Waals surface area contributed by atoms with Crippen molar-refractivity contribution in [3.05, 3.63) is 65.5 Å². The van der Waals surface area contributed by atoms with Gasteiger partial charge in [0.05, 0.1) is 6.42 Å². The van der Waals surface area contributed by atoms with Gasteiger partial charge in [-0.25, -0.2) is 4.98 Å². The summed E-state index contributed by atoms with van der Waals surface area (Å²) in [6.45, 7) is 0. The lowest BCUT2D eigenvalue weighted by atomic mass is 10.1. The molecule has 0 aliphatic heterocycles. The number of hydrogen-bond donors (Lipinski definition) is 0. The number of rotatable bonds is 3. The smallest absolute Gasteiger partial charge is 0.168 e. The molecule has 82 valence electrons. The highest BCUT2D eigenvalue weighted by Crippen LogP contribution is 2.06. The average molecular weight is 222 g/mol. The van der Waals surface area contributed by atoms with Gasteiger partial charge in [-0.1, -0.05) is 36.4 Å². The van der Waals surface area contributed by atoms with Gasteiger partial charge in [0, 0.05) is 11.3 Å². The number of ketones is 1. The molecule has 2 rings (SSSR count). The first-order valence-electron chi connectivity index (χ1n) is 5.24. The highest BCUT2D eigenvalue weighted by atomic mass is 16.1. The first-order valence-corrected chi connectivity index (χ1v) is 5.24. The Morgan fingerprint density at radius 3 is 2.59 bits per heavy atom. The lowest BCUT2D eigenvalue weighted by Gasteiger charge is -2.00. The second-order valence-electron chi connectivity index (χ2n) is 3.59. The van der Waals surface area contributed by atoms with E-state index >= 15 is 0 Å². The first-order chi connectivity index (χ1) is 8.29. The Labute approximate surface area is 99.4 Å². The molecule has 1 aromatic heterocycles. The lowest BCUT2D eigenvalue weighted by Crippen LogP contribution is -2.05. The summed E-state index contributed by atoms with van der Waals surface area (Å²) >= 11 is 0. The second kappa shape index (κ2) is 5.04. The van der Waals surface area contributed by atoms with Gasteiger partial charge >= 0.3 is 0 Å². The number of carbonyl (C=O) groups is 1. The van der Waals surface area contributed by atoms with Crippen LogP contribution in [0.15, 0.2) is 48.5 Å². The van der Waals surface area contributed by atoms with Crippen LogP contribution >= 0.6 is 0 Å². The van der Waals surface area contributed by atoms with Crippen molar-refractivity contribution in [2.45, 2.75) is 6.42 Å². The van der Waals surface area contributed by atoms with E-state index in [4.69, 9.17) is 5.26 Å². The predicted octanol–water partition coefficient (Wildman–Crippen LogP) is 2.38. The Morgan fingerprint density at radius 1 is 1.12 bits per heavy atom. The molecule has 0 saturated carbocycles. The van der Waals surface area contributed by atoms with Crippen molar-refractivity contribution in [2.75, 3.05) is 0 Å². The highest BCUT2D eigenvalue weighted by molar-refractivity contribution is 5.97. The first kappa shape index (κ1) is 11.0. The van der Waals surface area contributed by atoms with E-state index in [0.29, 0.717) is 17.0 Å². The Kier molecular flexibility index (Phi) is 3.27. The third-order valence-corrected chi connectivity index (χ3v) is 2.36. The van der Waals surface area contributed by atoms with E-state index in [1.165, 1.54) is 0 Å². The summed E-state index contributed by atoms with van der Waals surface area (Å²) < 4.78 is 0. The van der Waals surface area contributed by atoms with Crippen molar-refractivity contribution >= 4 is 5.78 Å². The third kappa shape index (κ3) is 2.76. The lowest BCUT2D eigenvalue weighted by molar-refractivity contribution is 0.0992. The minimum absolute atomic E-state index is 0.00758. The topological polar surface area (TPSA) is 53.8 Å². The summed E-state index contributed by atoms with van der Waals surface area (Å²) in [6.07, 6.45) is 0.222. The number of benzene rings is 1. The van der Waals surface area contributed by atoms with Crippen molar-refractivity contribution in [1.29, 1.82) is 5.26 Å². The molecule has 0 N–H and O–H groups in total. The van der Waals surface area contributed by atoms with Crippen LogP contribution in [-0.4, -0.2) is 10.8 Å². The summed E-state index contributed by atoms with van der Waals surface area (Å²) in [5.41, 5.74) is 1.62. The van der Waals surface area contributed by atoms with E-state index in [0.717, 1.165) is 0 Å². The Hall–Kier alpha value is -2.47. The molecule has 2 aromatic rings. The van der Waals surface area contributed by atoms with Crippen LogP contribution in [0.5, 0.6) is 0 Å². The predicted molar refractivity (Wildman–Crippen MR) is 63.4 cm³/mol. The number of hydrogen-bond acceptors (Lipinski definition) is 3. The SMILES string of the molecule is N#Cc1cccc(CC(=O)c2ccccc2)n1. The molecular formula is C14H10N2O. The summed E-state index contributed by atoms with van der Waals surface area (Å²) in [5, 5.41) is 8.72. The fourth-order valence-corrected chi connectivity index (χ4v) is 1.53. The largest absolute Gasteiger partial charge is 0.294 e. The molecule has 0 fully saturated rings. The molecule has 0 aliphatic rings. The van der Waals surface area contributed by atoms with Gasteiger partial charge in [0.15, 0.2) is 5.78 Å². The van der Waals surface area contributed by atoms with Crippen LogP contribution in [0.3, 0.4) is 0 Å². The highest BCUT2D eigenvalue weighted by Gasteiger charge is 2.07. The van der Waals surface area contributed by atoms with Crippen LogP contribution < -0.4 is 0 Å². The van der Waals surface area contributed by atoms with Crippen molar-refractivity contribution in [3.8, 4) is 6.07 Å². The fraction of sp³-hybridized carbons (Fsp3) is 0.0714. The normalized spacial score (nSPS) is 9.59. The van der Waals surface area contributed by atoms with Crippen molar-refractivity contribution < 1.29 is 4.79 Å². The number of carbonyl (C=O) groups excluding carboxylic acids is 1. The maximum Gasteiger partial charge on any atom is 0.168 e. The van der Waals surface area contributed by atoms with Gasteiger partial charge in [0.1, 0.15) is 11.8 Å². The van der Waals surface area contributed by atoms with Crippen molar-refractivity contribution in [2.24, 2.45) is 0 Å². The molecule has 0 spiro atoms. The second-order valence-corrected chi connectivity index (χ2v) is 3.59. The van der Waals surface area contributed by atoms with Gasteiger partial charge in [0.25, 0.3) is 0 Å². The molecular weight excluding hydrogens is 212 g/mol. The molecule has 0 atom stereocenters. The van der Waals surface area contributed by atoms with Gasteiger partial charge < -0.3 is 0 Å². The maximum atomic E-state index is 11.9. The maximum absolute atomic E-state index is 11.9. The fourth-order valence-electron chi connectivity index (χ4n) is 1.53. The third-order valence-electron chi connectivity index (χ3n) is 2.36. The summed E-state index contributed by atoms with van der Waals surface area (Å²) in [4.78, 5) is 16.0. The molecule has 0 amide bonds. The van der Waals surface area contributed by atoms with Crippen LogP contribution in [0.2, 0.25) is 0 Å². The zero-order valence-electron chi connectivity index (χ0n) is 9.13. The number of nitriles is 1. The monoisotopic (exact) mass is 222 g/mol. The molecule has 0 unspecified atom stereocenters. The van der Waals surface area contributed by atoms with E-state index in [-0.39, 0.29) is 12.2 Å². The molecule has 1 aromatic carbocycles. The molecule has 3 heteroatoms. The van der Waals surface area contributed by atoms with Crippen LogP contribution in [0.1, 0.15) is 21.7 Å². The minimum Gasteiger partial charge on any atom is -0.294 e. The van der Waals surface area contributed by atoms with Gasteiger partial charge in [-0.2, -0.15) is 5.26 Å². The Morgan fingerprint density at radius 2 is 1.88 bits per heavy atom. The quantitative estimate of drug-likeness (QED) is 0.749. The van der Waals surface area contributed by atoms with Crippen molar-refractivity contribution in [3.63, 3.8) is 0 Å². The summed E-state index contributed by atoms with van der Waals surface area (Å²) in [7, 11) is 0. The zero-order valence-corrected chi connectivity index (χ0v) is 9.13. The average Bonchev–Trinajstić information content (AvgIpc) is 2.40. The standard InChI is InChI=1S/C14H10N2O/c15-10-13-8-4-7-12(16-13)9-14(17)11-5-2-1-3-6-11/h1-8H,9H2. The number of Topliss-reactive ketones (excluding diaryl/α,β-unsaturated/α-hetero) is 1. The zero-order chi connectivity index (χ0) is 12.1. The van der Waals surface area contributed by atoms with Crippen LogP contribution in [-0.2, 0) is 6.42 Å². The summed E-state index contributed by atoms with van der Waals surface area (Å²) in [5.74, 6) is 0.00758. The molecule has 17 heavy (non-hydrogen) atoms. The van der Waals surface area contributed by atoms with Gasteiger partial charge in [-0.15, -0.1) is 0 Å². The van der Waals surface area contributed by atoms with E-state index in [9.17, 15) is 4.79 Å². The molecule has 0 saturated heterocycles. The Balaban J connectivity index is 2.17. The van der Waals surface area contributed by atoms with Crippen molar-refractivity contribution in [1.82, 2.24) is 4.98 Å². The van der Waals surface area contributed by atoms with Gasteiger partial charge in [0.2, 0.25) is 0 Å². The minimum atomic E-state index is 0.00758. The van der Waals surface area contributed by atoms with E-state index in [1.54, 1.807) is 30.3 Å². The van der Waals surface area contributed by atoms with Crippen LogP contribution in [0.4, 0.5) is 0 Å². The van der Waals surface area contributed by atoms with Gasteiger partial charge in [-0.3, -0.25) is 4.79 Å². The molecule has 3 nitrogen and oxygen atoms in total. The number of nitrogens with zero attached hydrogens (tertiary/aromatic N) is 2. The van der Waals surface area contributed by atoms with E-state index in [2.05, 4.69) is 4.98 Å². The van der Waals surface area contributed by atoms with E-state index in [1.807, 2.05) is 24.3 Å². The van der Waals surface area contributed by atoms with Crippen LogP contribution in [0, 0.1) is 11.3 Å². The number of aromatic nitrogens is 1. The van der Waals surface area contributed by atoms with E-state index < -0.39 is 0 Å². The Bertz CT molecular complexity index is 570. The molecule has 0 bridgehead atoms. The molecule has 1 heterocycles. The summed E-state index contributed by atoms with van der Waals surface area (Å²) in [6, 6.07) is 16.1. The van der Waals surface area contributed by atoms with Gasteiger partial charge in [-0.05, 0) is 12.1 Å². The number of pyridine rings is 1. The molecule has 0 radical (unpaired) electrons.